The van der Waals surface area contributed by atoms with Gasteiger partial charge in [-0.05, 0) is 87.8 Å². The number of carbonyl (C=O) groups excluding carboxylic acids is 1. The highest BCUT2D eigenvalue weighted by molar-refractivity contribution is 14.1. The van der Waals surface area contributed by atoms with Crippen molar-refractivity contribution < 1.29 is 9.53 Å². The molecular weight excluding hydrogens is 483 g/mol. The molecule has 0 atom stereocenters. The normalized spacial score (nSPS) is 11.2. The predicted molar refractivity (Wildman–Crippen MR) is 124 cm³/mol. The zero-order valence-corrected chi connectivity index (χ0v) is 17.9. The maximum atomic E-state index is 12.0. The smallest absolute Gasteiger partial charge is 0.178 e. The molecule has 0 amide bonds. The molecule has 0 bridgehead atoms. The summed E-state index contributed by atoms with van der Waals surface area (Å²) in [5.74, 6) is 0.721. The van der Waals surface area contributed by atoms with E-state index in [1.54, 1.807) is 36.4 Å². The van der Waals surface area contributed by atoms with Gasteiger partial charge in [-0.3, -0.25) is 4.79 Å². The number of benzene rings is 3. The lowest BCUT2D eigenvalue weighted by atomic mass is 10.1. The molecule has 0 saturated heterocycles. The van der Waals surface area contributed by atoms with Gasteiger partial charge >= 0.3 is 0 Å². The molecule has 3 rings (SSSR count). The summed E-state index contributed by atoms with van der Waals surface area (Å²) in [6, 6.07) is 23.2. The van der Waals surface area contributed by atoms with Gasteiger partial charge < -0.3 is 4.74 Å². The summed E-state index contributed by atoms with van der Waals surface area (Å²) in [7, 11) is 0. The standard InChI is InChI=1S/C24H18ClIO2/c25-21-10-4-18(5-11-21)6-12-23(27)13-7-19-8-14-24(15-9-19)28-17-20-2-1-3-22(26)16-20/h1-16H,17H2/b12-6+,13-7+. The summed E-state index contributed by atoms with van der Waals surface area (Å²) in [4.78, 5) is 12.0. The molecule has 3 aromatic carbocycles. The fourth-order valence-electron chi connectivity index (χ4n) is 2.45. The first-order valence-corrected chi connectivity index (χ1v) is 10.2. The Morgan fingerprint density at radius 1 is 0.893 bits per heavy atom. The molecule has 140 valence electrons. The largest absolute Gasteiger partial charge is 0.489 e. The fraction of sp³-hybridized carbons (Fsp3) is 0.0417. The molecule has 0 aromatic heterocycles. The van der Waals surface area contributed by atoms with E-state index in [0.29, 0.717) is 11.6 Å². The van der Waals surface area contributed by atoms with Gasteiger partial charge in [0, 0.05) is 8.59 Å². The Labute approximate surface area is 183 Å². The molecule has 2 nitrogen and oxygen atoms in total. The Hall–Kier alpha value is -2.37. The summed E-state index contributed by atoms with van der Waals surface area (Å²) in [6.07, 6.45) is 6.65. The van der Waals surface area contributed by atoms with Gasteiger partial charge in [-0.2, -0.15) is 0 Å². The average molecular weight is 501 g/mol. The molecule has 0 fully saturated rings. The Kier molecular flexibility index (Phi) is 7.46. The van der Waals surface area contributed by atoms with Crippen LogP contribution >= 0.6 is 34.2 Å². The van der Waals surface area contributed by atoms with Gasteiger partial charge in [-0.1, -0.05) is 60.2 Å². The number of ketones is 1. The fourth-order valence-corrected chi connectivity index (χ4v) is 3.19. The minimum atomic E-state index is -0.0750. The van der Waals surface area contributed by atoms with Crippen LogP contribution in [0.5, 0.6) is 5.75 Å². The summed E-state index contributed by atoms with van der Waals surface area (Å²) in [5.41, 5.74) is 3.00. The molecule has 0 aliphatic carbocycles. The van der Waals surface area contributed by atoms with Crippen LogP contribution in [0.4, 0.5) is 0 Å². The zero-order chi connectivity index (χ0) is 19.8. The van der Waals surface area contributed by atoms with Crippen LogP contribution in [0.1, 0.15) is 16.7 Å². The first-order valence-electron chi connectivity index (χ1n) is 8.71. The van der Waals surface area contributed by atoms with E-state index in [1.165, 1.54) is 3.57 Å². The molecular formula is C24H18ClIO2. The van der Waals surface area contributed by atoms with Crippen molar-refractivity contribution in [3.05, 3.63) is 110 Å². The van der Waals surface area contributed by atoms with Crippen molar-refractivity contribution in [2.75, 3.05) is 0 Å². The lowest BCUT2D eigenvalue weighted by Gasteiger charge is -2.07. The molecule has 0 saturated carbocycles. The SMILES string of the molecule is O=C(/C=C/c1ccc(Cl)cc1)/C=C/c1ccc(OCc2cccc(I)c2)cc1. The van der Waals surface area contributed by atoms with E-state index in [2.05, 4.69) is 34.7 Å². The van der Waals surface area contributed by atoms with Crippen LogP contribution < -0.4 is 4.74 Å². The highest BCUT2D eigenvalue weighted by Crippen LogP contribution is 2.16. The Bertz CT molecular complexity index is 990. The third-order valence-corrected chi connectivity index (χ3v) is 4.85. The maximum absolute atomic E-state index is 12.0. The van der Waals surface area contributed by atoms with Crippen molar-refractivity contribution in [1.29, 1.82) is 0 Å². The molecule has 28 heavy (non-hydrogen) atoms. The van der Waals surface area contributed by atoms with Gasteiger partial charge in [0.2, 0.25) is 0 Å². The number of halogens is 2. The number of allylic oxidation sites excluding steroid dienone is 2. The Morgan fingerprint density at radius 3 is 2.11 bits per heavy atom. The molecule has 0 heterocycles. The van der Waals surface area contributed by atoms with E-state index >= 15 is 0 Å². The second kappa shape index (κ2) is 10.2. The van der Waals surface area contributed by atoms with Crippen LogP contribution in [-0.4, -0.2) is 5.78 Å². The van der Waals surface area contributed by atoms with Gasteiger partial charge in [0.1, 0.15) is 12.4 Å². The zero-order valence-electron chi connectivity index (χ0n) is 15.0. The summed E-state index contributed by atoms with van der Waals surface area (Å²) >= 11 is 8.14. The molecule has 0 N–H and O–H groups in total. The minimum absolute atomic E-state index is 0.0750. The Balaban J connectivity index is 1.52. The van der Waals surface area contributed by atoms with E-state index < -0.39 is 0 Å². The molecule has 0 spiro atoms. The summed E-state index contributed by atoms with van der Waals surface area (Å²) in [5, 5.41) is 0.675. The van der Waals surface area contributed by atoms with Crippen molar-refractivity contribution in [3.8, 4) is 5.75 Å². The second-order valence-electron chi connectivity index (χ2n) is 6.11. The highest BCUT2D eigenvalue weighted by Gasteiger charge is 1.98. The van der Waals surface area contributed by atoms with Crippen molar-refractivity contribution in [2.45, 2.75) is 6.61 Å². The number of hydrogen-bond acceptors (Lipinski definition) is 2. The van der Waals surface area contributed by atoms with E-state index in [4.69, 9.17) is 16.3 Å². The third-order valence-electron chi connectivity index (χ3n) is 3.92. The van der Waals surface area contributed by atoms with Crippen LogP contribution in [0.15, 0.2) is 84.9 Å². The summed E-state index contributed by atoms with van der Waals surface area (Å²) in [6.45, 7) is 0.528. The molecule has 3 aromatic rings. The highest BCUT2D eigenvalue weighted by atomic mass is 127. The minimum Gasteiger partial charge on any atom is -0.489 e. The number of hydrogen-bond donors (Lipinski definition) is 0. The molecule has 0 unspecified atom stereocenters. The van der Waals surface area contributed by atoms with E-state index in [-0.39, 0.29) is 5.78 Å². The van der Waals surface area contributed by atoms with Crippen molar-refractivity contribution in [2.24, 2.45) is 0 Å². The lowest BCUT2D eigenvalue weighted by Crippen LogP contribution is -1.95. The number of carbonyl (C=O) groups is 1. The second-order valence-corrected chi connectivity index (χ2v) is 7.79. The predicted octanol–water partition coefficient (Wildman–Crippen LogP) is 6.82. The van der Waals surface area contributed by atoms with Crippen molar-refractivity contribution >= 4 is 52.1 Å². The van der Waals surface area contributed by atoms with Gasteiger partial charge in [-0.25, -0.2) is 0 Å². The van der Waals surface area contributed by atoms with Gasteiger partial charge in [-0.15, -0.1) is 0 Å². The van der Waals surface area contributed by atoms with Crippen LogP contribution in [0.25, 0.3) is 12.2 Å². The van der Waals surface area contributed by atoms with E-state index in [1.807, 2.05) is 48.5 Å². The van der Waals surface area contributed by atoms with Crippen LogP contribution in [-0.2, 0) is 11.4 Å². The van der Waals surface area contributed by atoms with Gasteiger partial charge in [0.05, 0.1) is 0 Å². The Morgan fingerprint density at radius 2 is 1.50 bits per heavy atom. The van der Waals surface area contributed by atoms with Gasteiger partial charge in [0.25, 0.3) is 0 Å². The van der Waals surface area contributed by atoms with E-state index in [0.717, 1.165) is 22.4 Å². The maximum Gasteiger partial charge on any atom is 0.178 e. The third kappa shape index (κ3) is 6.66. The molecule has 0 aliphatic rings. The number of rotatable bonds is 7. The van der Waals surface area contributed by atoms with Crippen molar-refractivity contribution in [3.63, 3.8) is 0 Å². The van der Waals surface area contributed by atoms with E-state index in [9.17, 15) is 4.79 Å². The monoisotopic (exact) mass is 500 g/mol. The van der Waals surface area contributed by atoms with Crippen LogP contribution in [0.3, 0.4) is 0 Å². The topological polar surface area (TPSA) is 26.3 Å². The quantitative estimate of drug-likeness (QED) is 0.263. The molecule has 4 heteroatoms. The van der Waals surface area contributed by atoms with Crippen LogP contribution in [0, 0.1) is 3.57 Å². The molecule has 0 aliphatic heterocycles. The first-order chi connectivity index (χ1) is 13.6. The van der Waals surface area contributed by atoms with Crippen molar-refractivity contribution in [1.82, 2.24) is 0 Å². The average Bonchev–Trinajstić information content (AvgIpc) is 2.71. The molecule has 0 radical (unpaired) electrons. The van der Waals surface area contributed by atoms with Crippen LogP contribution in [0.2, 0.25) is 5.02 Å². The number of ether oxygens (including phenoxy) is 1. The first kappa shape index (κ1) is 20.4. The lowest BCUT2D eigenvalue weighted by molar-refractivity contribution is -0.110. The summed E-state index contributed by atoms with van der Waals surface area (Å²) < 4.78 is 7.00. The van der Waals surface area contributed by atoms with Gasteiger partial charge in [0.15, 0.2) is 5.78 Å².